The topological polar surface area (TPSA) is 78.5 Å². The first-order valence-electron chi connectivity index (χ1n) is 9.97. The first-order chi connectivity index (χ1) is 14.0. The number of aryl methyl sites for hydroxylation is 2. The lowest BCUT2D eigenvalue weighted by Gasteiger charge is -2.17. The molecule has 0 aliphatic rings. The molecule has 1 unspecified atom stereocenters. The van der Waals surface area contributed by atoms with Crippen molar-refractivity contribution in [3.05, 3.63) is 83.3 Å². The second kappa shape index (κ2) is 9.32. The lowest BCUT2D eigenvalue weighted by molar-refractivity contribution is -0.131. The number of allylic oxidation sites excluding steroid dienone is 1. The standard InChI is InChI=1S/C24H27N3O2/c1-3-20(19-12-10-18(11-13-19)7-6-9-24(28)29)21(25)14-15-22-17(2)26-23-8-4-5-16-27(22)23/h4-6,8-13,16,20,25H,3,7,14-15H2,1-2H3,(H,28,29)/b9-6+,25-21?. The van der Waals surface area contributed by atoms with Gasteiger partial charge >= 0.3 is 5.97 Å². The van der Waals surface area contributed by atoms with Crippen LogP contribution in [-0.2, 0) is 17.6 Å². The van der Waals surface area contributed by atoms with Crippen LogP contribution in [0.1, 0.15) is 48.2 Å². The molecule has 0 bridgehead atoms. The Labute approximate surface area is 171 Å². The number of imidazole rings is 1. The van der Waals surface area contributed by atoms with Crippen LogP contribution < -0.4 is 0 Å². The van der Waals surface area contributed by atoms with Crippen LogP contribution >= 0.6 is 0 Å². The van der Waals surface area contributed by atoms with Crippen molar-refractivity contribution in [2.45, 2.75) is 45.4 Å². The Hall–Kier alpha value is -3.21. The molecule has 0 fully saturated rings. The summed E-state index contributed by atoms with van der Waals surface area (Å²) in [7, 11) is 0. The molecule has 2 heterocycles. The van der Waals surface area contributed by atoms with Gasteiger partial charge in [-0.2, -0.15) is 0 Å². The third-order valence-corrected chi connectivity index (χ3v) is 5.29. The van der Waals surface area contributed by atoms with Gasteiger partial charge in [-0.15, -0.1) is 0 Å². The quantitative estimate of drug-likeness (QED) is 0.400. The minimum absolute atomic E-state index is 0.0955. The monoisotopic (exact) mass is 389 g/mol. The molecule has 0 aliphatic heterocycles. The third kappa shape index (κ3) is 4.99. The largest absolute Gasteiger partial charge is 0.478 e. The first kappa shape index (κ1) is 20.5. The number of fused-ring (bicyclic) bond motifs is 1. The van der Waals surface area contributed by atoms with E-state index in [1.165, 1.54) is 11.8 Å². The number of aliphatic carboxylic acids is 1. The maximum atomic E-state index is 10.6. The summed E-state index contributed by atoms with van der Waals surface area (Å²) in [4.78, 5) is 15.2. The van der Waals surface area contributed by atoms with Crippen molar-refractivity contribution in [2.24, 2.45) is 0 Å². The van der Waals surface area contributed by atoms with E-state index in [4.69, 9.17) is 10.5 Å². The predicted molar refractivity (Wildman–Crippen MR) is 116 cm³/mol. The van der Waals surface area contributed by atoms with Gasteiger partial charge in [-0.1, -0.05) is 43.3 Å². The van der Waals surface area contributed by atoms with E-state index < -0.39 is 5.97 Å². The number of carboxylic acids is 1. The molecule has 5 nitrogen and oxygen atoms in total. The molecule has 3 rings (SSSR count). The molecule has 29 heavy (non-hydrogen) atoms. The minimum Gasteiger partial charge on any atom is -0.478 e. The van der Waals surface area contributed by atoms with E-state index in [-0.39, 0.29) is 5.92 Å². The van der Waals surface area contributed by atoms with Crippen LogP contribution in [0.25, 0.3) is 5.65 Å². The molecule has 0 amide bonds. The molecule has 5 heteroatoms. The zero-order chi connectivity index (χ0) is 20.8. The van der Waals surface area contributed by atoms with Gasteiger partial charge in [0.25, 0.3) is 0 Å². The molecule has 2 N–H and O–H groups in total. The Morgan fingerprint density at radius 3 is 2.69 bits per heavy atom. The summed E-state index contributed by atoms with van der Waals surface area (Å²) in [6.07, 6.45) is 7.81. The highest BCUT2D eigenvalue weighted by atomic mass is 16.4. The molecule has 0 saturated carbocycles. The van der Waals surface area contributed by atoms with Crippen molar-refractivity contribution < 1.29 is 9.90 Å². The van der Waals surface area contributed by atoms with Gasteiger partial charge in [0.05, 0.1) is 5.69 Å². The Morgan fingerprint density at radius 2 is 2.00 bits per heavy atom. The fraction of sp³-hybridized carbons (Fsp3) is 0.292. The van der Waals surface area contributed by atoms with E-state index in [9.17, 15) is 4.79 Å². The van der Waals surface area contributed by atoms with E-state index in [2.05, 4.69) is 28.4 Å². The molecular weight excluding hydrogens is 362 g/mol. The molecule has 0 spiro atoms. The number of rotatable bonds is 9. The van der Waals surface area contributed by atoms with Gasteiger partial charge in [0, 0.05) is 29.6 Å². The number of pyridine rings is 1. The van der Waals surface area contributed by atoms with Crippen molar-refractivity contribution >= 4 is 17.3 Å². The number of aromatic nitrogens is 2. The molecule has 0 radical (unpaired) electrons. The highest BCUT2D eigenvalue weighted by Crippen LogP contribution is 2.24. The molecule has 1 aromatic carbocycles. The number of nitrogens with zero attached hydrogens (tertiary/aromatic N) is 2. The van der Waals surface area contributed by atoms with Gasteiger partial charge < -0.3 is 14.9 Å². The number of benzene rings is 1. The highest BCUT2D eigenvalue weighted by molar-refractivity contribution is 5.88. The van der Waals surface area contributed by atoms with Gasteiger partial charge in [-0.05, 0) is 55.9 Å². The highest BCUT2D eigenvalue weighted by Gasteiger charge is 2.17. The Bertz CT molecular complexity index is 1030. The Morgan fingerprint density at radius 1 is 1.24 bits per heavy atom. The summed E-state index contributed by atoms with van der Waals surface area (Å²) in [5.74, 6) is -0.833. The first-order valence-corrected chi connectivity index (χ1v) is 9.97. The van der Waals surface area contributed by atoms with Crippen LogP contribution in [0, 0.1) is 12.3 Å². The molecular formula is C24H27N3O2. The SMILES string of the molecule is CCC(C(=N)CCc1c(C)nc2ccccn12)c1ccc(C/C=C/C(=O)O)cc1. The van der Waals surface area contributed by atoms with Crippen molar-refractivity contribution in [2.75, 3.05) is 0 Å². The summed E-state index contributed by atoms with van der Waals surface area (Å²) >= 11 is 0. The Balaban J connectivity index is 1.67. The lowest BCUT2D eigenvalue weighted by atomic mass is 9.88. The van der Waals surface area contributed by atoms with Gasteiger partial charge in [0.1, 0.15) is 5.65 Å². The fourth-order valence-corrected chi connectivity index (χ4v) is 3.76. The van der Waals surface area contributed by atoms with E-state index in [1.807, 2.05) is 43.5 Å². The number of carboxylic acid groups (broad SMARTS) is 1. The van der Waals surface area contributed by atoms with Crippen molar-refractivity contribution in [1.29, 1.82) is 5.41 Å². The van der Waals surface area contributed by atoms with Crippen molar-refractivity contribution in [1.82, 2.24) is 9.38 Å². The maximum absolute atomic E-state index is 10.6. The number of hydrogen-bond acceptors (Lipinski definition) is 3. The zero-order valence-electron chi connectivity index (χ0n) is 16.9. The molecule has 3 aromatic rings. The summed E-state index contributed by atoms with van der Waals surface area (Å²) in [6.45, 7) is 4.14. The van der Waals surface area contributed by atoms with Crippen molar-refractivity contribution in [3.63, 3.8) is 0 Å². The third-order valence-electron chi connectivity index (χ3n) is 5.29. The zero-order valence-corrected chi connectivity index (χ0v) is 16.9. The molecule has 0 saturated heterocycles. The smallest absolute Gasteiger partial charge is 0.327 e. The summed E-state index contributed by atoms with van der Waals surface area (Å²) < 4.78 is 2.11. The maximum Gasteiger partial charge on any atom is 0.327 e. The second-order valence-corrected chi connectivity index (χ2v) is 7.25. The van der Waals surface area contributed by atoms with E-state index in [0.717, 1.165) is 41.0 Å². The van der Waals surface area contributed by atoms with Crippen LogP contribution in [0.4, 0.5) is 0 Å². The molecule has 150 valence electrons. The van der Waals surface area contributed by atoms with Gasteiger partial charge in [0.2, 0.25) is 0 Å². The fourth-order valence-electron chi connectivity index (χ4n) is 3.76. The Kier molecular flexibility index (Phi) is 6.60. The molecule has 2 aromatic heterocycles. The summed E-state index contributed by atoms with van der Waals surface area (Å²) in [5.41, 5.74) is 6.08. The normalized spacial score (nSPS) is 12.5. The van der Waals surface area contributed by atoms with Gasteiger partial charge in [-0.25, -0.2) is 9.78 Å². The summed E-state index contributed by atoms with van der Waals surface area (Å²) in [6, 6.07) is 14.2. The van der Waals surface area contributed by atoms with E-state index >= 15 is 0 Å². The number of hydrogen-bond donors (Lipinski definition) is 2. The van der Waals surface area contributed by atoms with Gasteiger partial charge in [-0.3, -0.25) is 0 Å². The lowest BCUT2D eigenvalue weighted by Crippen LogP contribution is -2.13. The summed E-state index contributed by atoms with van der Waals surface area (Å²) in [5, 5.41) is 17.4. The van der Waals surface area contributed by atoms with Crippen molar-refractivity contribution in [3.8, 4) is 0 Å². The van der Waals surface area contributed by atoms with E-state index in [1.54, 1.807) is 6.08 Å². The molecule has 1 atom stereocenters. The van der Waals surface area contributed by atoms with Crippen LogP contribution in [0.15, 0.2) is 60.8 Å². The van der Waals surface area contributed by atoms with Crippen LogP contribution in [0.5, 0.6) is 0 Å². The van der Waals surface area contributed by atoms with Crippen LogP contribution in [0.2, 0.25) is 0 Å². The minimum atomic E-state index is -0.928. The second-order valence-electron chi connectivity index (χ2n) is 7.25. The molecule has 0 aliphatic carbocycles. The number of carbonyl (C=O) groups is 1. The van der Waals surface area contributed by atoms with Gasteiger partial charge in [0.15, 0.2) is 0 Å². The van der Waals surface area contributed by atoms with Crippen LogP contribution in [-0.4, -0.2) is 26.2 Å². The van der Waals surface area contributed by atoms with Crippen LogP contribution in [0.3, 0.4) is 0 Å². The number of nitrogens with one attached hydrogen (secondary N) is 1. The average molecular weight is 389 g/mol. The average Bonchev–Trinajstić information content (AvgIpc) is 3.03. The predicted octanol–water partition coefficient (Wildman–Crippen LogP) is 4.97. The van der Waals surface area contributed by atoms with E-state index in [0.29, 0.717) is 12.8 Å².